The van der Waals surface area contributed by atoms with Crippen molar-refractivity contribution in [1.82, 2.24) is 14.8 Å². The molecular formula is C25H27ClN4O5. The van der Waals surface area contributed by atoms with Crippen LogP contribution in [0.4, 0.5) is 4.79 Å². The Morgan fingerprint density at radius 3 is 2.63 bits per heavy atom. The van der Waals surface area contributed by atoms with Crippen LogP contribution in [0.1, 0.15) is 30.5 Å². The van der Waals surface area contributed by atoms with E-state index in [1.807, 2.05) is 47.4 Å². The first-order valence-corrected chi connectivity index (χ1v) is 12.1. The van der Waals surface area contributed by atoms with Crippen LogP contribution in [-0.2, 0) is 9.53 Å². The van der Waals surface area contributed by atoms with Crippen molar-refractivity contribution >= 4 is 29.3 Å². The summed E-state index contributed by atoms with van der Waals surface area (Å²) in [4.78, 5) is 29.2. The summed E-state index contributed by atoms with van der Waals surface area (Å²) < 4.78 is 16.1. The van der Waals surface area contributed by atoms with Gasteiger partial charge in [0.15, 0.2) is 11.5 Å². The molecule has 1 fully saturated rings. The molecule has 0 bridgehead atoms. The quantitative estimate of drug-likeness (QED) is 0.627. The minimum atomic E-state index is -0.310. The zero-order valence-electron chi connectivity index (χ0n) is 19.5. The van der Waals surface area contributed by atoms with Gasteiger partial charge in [-0.05, 0) is 30.7 Å². The summed E-state index contributed by atoms with van der Waals surface area (Å²) >= 11 is 6.45. The Morgan fingerprint density at radius 1 is 1.09 bits per heavy atom. The van der Waals surface area contributed by atoms with Crippen molar-refractivity contribution < 1.29 is 23.8 Å². The van der Waals surface area contributed by atoms with E-state index in [9.17, 15) is 9.59 Å². The van der Waals surface area contributed by atoms with E-state index in [-0.39, 0.29) is 31.4 Å². The number of halogens is 1. The van der Waals surface area contributed by atoms with Gasteiger partial charge in [0.2, 0.25) is 6.79 Å². The van der Waals surface area contributed by atoms with Crippen molar-refractivity contribution in [2.24, 2.45) is 5.10 Å². The van der Waals surface area contributed by atoms with E-state index in [1.165, 1.54) is 0 Å². The highest BCUT2D eigenvalue weighted by atomic mass is 35.5. The van der Waals surface area contributed by atoms with Gasteiger partial charge in [0.1, 0.15) is 0 Å². The fraction of sp³-hybridized carbons (Fsp3) is 0.400. The van der Waals surface area contributed by atoms with E-state index < -0.39 is 0 Å². The van der Waals surface area contributed by atoms with Crippen LogP contribution in [-0.4, -0.2) is 78.6 Å². The maximum atomic E-state index is 13.5. The molecule has 2 aromatic rings. The first kappa shape index (κ1) is 23.4. The first-order valence-electron chi connectivity index (χ1n) is 11.7. The molecule has 0 aromatic heterocycles. The number of rotatable bonds is 5. The summed E-state index contributed by atoms with van der Waals surface area (Å²) in [6.07, 6.45) is 0.223. The Kier molecular flexibility index (Phi) is 6.79. The van der Waals surface area contributed by atoms with Crippen molar-refractivity contribution in [2.45, 2.75) is 19.4 Å². The lowest BCUT2D eigenvalue weighted by Gasteiger charge is -2.34. The Morgan fingerprint density at radius 2 is 1.86 bits per heavy atom. The van der Waals surface area contributed by atoms with Gasteiger partial charge in [0.25, 0.3) is 5.91 Å². The fourth-order valence-electron chi connectivity index (χ4n) is 4.55. The lowest BCUT2D eigenvalue weighted by molar-refractivity contribution is -0.134. The largest absolute Gasteiger partial charge is 0.454 e. The molecule has 2 aromatic carbocycles. The Bertz CT molecular complexity index is 1150. The average molecular weight is 499 g/mol. The number of hydrogen-bond acceptors (Lipinski definition) is 7. The van der Waals surface area contributed by atoms with Gasteiger partial charge in [-0.2, -0.15) is 5.10 Å². The van der Waals surface area contributed by atoms with Crippen LogP contribution in [0.15, 0.2) is 47.6 Å². The van der Waals surface area contributed by atoms with Gasteiger partial charge < -0.3 is 19.1 Å². The third kappa shape index (κ3) is 4.92. The second-order valence-electron chi connectivity index (χ2n) is 8.56. The highest BCUT2D eigenvalue weighted by Gasteiger charge is 2.35. The molecule has 10 heteroatoms. The number of carbonyl (C=O) groups excluding carboxylic acids is 2. The van der Waals surface area contributed by atoms with E-state index in [2.05, 4.69) is 0 Å². The summed E-state index contributed by atoms with van der Waals surface area (Å²) in [5, 5.41) is 6.90. The third-order valence-corrected chi connectivity index (χ3v) is 6.72. The van der Waals surface area contributed by atoms with E-state index in [4.69, 9.17) is 30.9 Å². The zero-order chi connectivity index (χ0) is 24.4. The molecule has 0 radical (unpaired) electrons. The highest BCUT2D eigenvalue weighted by Crippen LogP contribution is 2.39. The third-order valence-electron chi connectivity index (χ3n) is 6.39. The summed E-state index contributed by atoms with van der Waals surface area (Å²) in [5.41, 5.74) is 2.50. The Hall–Kier alpha value is -3.30. The number of hydrazone groups is 1. The van der Waals surface area contributed by atoms with Crippen LogP contribution in [0.25, 0.3) is 0 Å². The van der Waals surface area contributed by atoms with Crippen molar-refractivity contribution in [1.29, 1.82) is 0 Å². The number of carbonyl (C=O) groups is 2. The number of amides is 2. The molecule has 1 atom stereocenters. The standard InChI is InChI=1S/C25H27ClN4O5/c1-2-33-25(32)29-11-9-28(10-12-29)15-24(31)30-21(17-7-8-22-23(13-17)35-16-34-22)14-20(27-30)18-5-3-4-6-19(18)26/h3-8,13,21H,2,9-12,14-16H2,1H3. The molecule has 3 heterocycles. The summed E-state index contributed by atoms with van der Waals surface area (Å²) in [5.74, 6) is 1.24. The van der Waals surface area contributed by atoms with Gasteiger partial charge in [-0.1, -0.05) is 35.9 Å². The van der Waals surface area contributed by atoms with Gasteiger partial charge in [-0.3, -0.25) is 9.69 Å². The predicted octanol–water partition coefficient (Wildman–Crippen LogP) is 3.52. The monoisotopic (exact) mass is 498 g/mol. The molecule has 1 unspecified atom stereocenters. The zero-order valence-corrected chi connectivity index (χ0v) is 20.2. The molecule has 0 saturated carbocycles. The molecule has 3 aliphatic rings. The van der Waals surface area contributed by atoms with Crippen molar-refractivity contribution in [3.8, 4) is 11.5 Å². The molecule has 0 spiro atoms. The summed E-state index contributed by atoms with van der Waals surface area (Å²) in [6.45, 7) is 4.75. The number of ether oxygens (including phenoxy) is 3. The number of hydrogen-bond donors (Lipinski definition) is 0. The second-order valence-corrected chi connectivity index (χ2v) is 8.97. The lowest BCUT2D eigenvalue weighted by atomic mass is 9.98. The minimum Gasteiger partial charge on any atom is -0.454 e. The van der Waals surface area contributed by atoms with Crippen molar-refractivity contribution in [2.75, 3.05) is 46.1 Å². The van der Waals surface area contributed by atoms with E-state index in [1.54, 1.807) is 16.8 Å². The molecular weight excluding hydrogens is 472 g/mol. The van der Waals surface area contributed by atoms with Crippen LogP contribution >= 0.6 is 11.6 Å². The Labute approximate surface area is 208 Å². The molecule has 0 aliphatic carbocycles. The number of fused-ring (bicyclic) bond motifs is 1. The fourth-order valence-corrected chi connectivity index (χ4v) is 4.79. The van der Waals surface area contributed by atoms with Crippen LogP contribution in [0.2, 0.25) is 5.02 Å². The van der Waals surface area contributed by atoms with Gasteiger partial charge in [0, 0.05) is 43.2 Å². The maximum Gasteiger partial charge on any atom is 0.409 e. The SMILES string of the molecule is CCOC(=O)N1CCN(CC(=O)N2N=C(c3ccccc3Cl)CC2c2ccc3c(c2)OCO3)CC1. The van der Waals surface area contributed by atoms with Gasteiger partial charge in [0.05, 0.1) is 24.9 Å². The highest BCUT2D eigenvalue weighted by molar-refractivity contribution is 6.34. The molecule has 0 N–H and O–H groups in total. The molecule has 2 amide bonds. The molecule has 184 valence electrons. The molecule has 1 saturated heterocycles. The summed E-state index contributed by atoms with van der Waals surface area (Å²) in [7, 11) is 0. The average Bonchev–Trinajstić information content (AvgIpc) is 3.52. The van der Waals surface area contributed by atoms with E-state index in [0.717, 1.165) is 16.8 Å². The smallest absolute Gasteiger partial charge is 0.409 e. The lowest BCUT2D eigenvalue weighted by Crippen LogP contribution is -2.51. The second kappa shape index (κ2) is 10.1. The maximum absolute atomic E-state index is 13.5. The van der Waals surface area contributed by atoms with Crippen LogP contribution in [0.3, 0.4) is 0 Å². The molecule has 5 rings (SSSR count). The topological polar surface area (TPSA) is 83.9 Å². The molecule has 3 aliphatic heterocycles. The van der Waals surface area contributed by atoms with Crippen LogP contribution in [0.5, 0.6) is 11.5 Å². The van der Waals surface area contributed by atoms with Crippen LogP contribution in [0, 0.1) is 0 Å². The van der Waals surface area contributed by atoms with E-state index >= 15 is 0 Å². The molecule has 9 nitrogen and oxygen atoms in total. The van der Waals surface area contributed by atoms with Crippen LogP contribution < -0.4 is 9.47 Å². The normalized spacial score (nSPS) is 19.6. The number of nitrogens with zero attached hydrogens (tertiary/aromatic N) is 4. The predicted molar refractivity (Wildman–Crippen MR) is 130 cm³/mol. The van der Waals surface area contributed by atoms with Gasteiger partial charge in [-0.25, -0.2) is 9.80 Å². The minimum absolute atomic E-state index is 0.112. The number of benzene rings is 2. The first-order chi connectivity index (χ1) is 17.0. The van der Waals surface area contributed by atoms with Gasteiger partial charge in [-0.15, -0.1) is 0 Å². The Balaban J connectivity index is 1.34. The molecule has 35 heavy (non-hydrogen) atoms. The summed E-state index contributed by atoms with van der Waals surface area (Å²) in [6, 6.07) is 13.0. The van der Waals surface area contributed by atoms with Gasteiger partial charge >= 0.3 is 6.09 Å². The van der Waals surface area contributed by atoms with E-state index in [0.29, 0.717) is 55.7 Å². The van der Waals surface area contributed by atoms with Crippen molar-refractivity contribution in [3.63, 3.8) is 0 Å². The number of piperazine rings is 1. The van der Waals surface area contributed by atoms with Crippen molar-refractivity contribution in [3.05, 3.63) is 58.6 Å².